The van der Waals surface area contributed by atoms with E-state index in [0.29, 0.717) is 6.04 Å². The molecule has 1 saturated heterocycles. The Morgan fingerprint density at radius 2 is 2.00 bits per heavy atom. The lowest BCUT2D eigenvalue weighted by molar-refractivity contribution is 0.438. The molecule has 1 aromatic carbocycles. The molecule has 0 spiro atoms. The molecule has 1 N–H and O–H groups in total. The molecule has 4 heteroatoms. The van der Waals surface area contributed by atoms with Crippen molar-refractivity contribution < 1.29 is 0 Å². The van der Waals surface area contributed by atoms with Crippen LogP contribution in [0, 0.1) is 0 Å². The number of nitrogens with one attached hydrogen (secondary N) is 1. The summed E-state index contributed by atoms with van der Waals surface area (Å²) in [6, 6.07) is 11.5. The summed E-state index contributed by atoms with van der Waals surface area (Å²) in [4.78, 5) is 6.85. The van der Waals surface area contributed by atoms with Gasteiger partial charge in [0.1, 0.15) is 0 Å². The second-order valence-corrected chi connectivity index (χ2v) is 6.06. The van der Waals surface area contributed by atoms with Gasteiger partial charge in [0.2, 0.25) is 0 Å². The Morgan fingerprint density at radius 1 is 1.30 bits per heavy atom. The molecule has 1 saturated carbocycles. The van der Waals surface area contributed by atoms with Crippen molar-refractivity contribution in [3.05, 3.63) is 35.9 Å². The molecule has 1 aromatic rings. The molecule has 3 rings (SSSR count). The number of guanidine groups is 1. The minimum atomic E-state index is 0. The zero-order valence-electron chi connectivity index (χ0n) is 12.3. The van der Waals surface area contributed by atoms with Crippen LogP contribution < -0.4 is 5.32 Å². The highest BCUT2D eigenvalue weighted by Gasteiger charge is 2.37. The van der Waals surface area contributed by atoms with Crippen LogP contribution in [0.2, 0.25) is 0 Å². The number of halogens is 1. The van der Waals surface area contributed by atoms with Crippen molar-refractivity contribution in [3.63, 3.8) is 0 Å². The molecule has 0 bridgehead atoms. The van der Waals surface area contributed by atoms with Crippen molar-refractivity contribution in [2.75, 3.05) is 20.1 Å². The van der Waals surface area contributed by atoms with Gasteiger partial charge in [0.05, 0.1) is 0 Å². The fourth-order valence-corrected chi connectivity index (χ4v) is 2.93. The average Bonchev–Trinajstić information content (AvgIpc) is 3.18. The molecule has 2 aliphatic rings. The smallest absolute Gasteiger partial charge is 0.193 e. The lowest BCUT2D eigenvalue weighted by Crippen LogP contribution is -2.42. The minimum Gasteiger partial charge on any atom is -0.354 e. The first kappa shape index (κ1) is 15.6. The van der Waals surface area contributed by atoms with Crippen molar-refractivity contribution in [2.24, 2.45) is 4.99 Å². The summed E-state index contributed by atoms with van der Waals surface area (Å²) in [6.45, 7) is 4.52. The second kappa shape index (κ2) is 6.33. The Bertz CT molecular complexity index is 470. The van der Waals surface area contributed by atoms with Crippen molar-refractivity contribution >= 4 is 29.9 Å². The highest BCUT2D eigenvalue weighted by Crippen LogP contribution is 2.34. The Balaban J connectivity index is 0.00000147. The molecule has 0 radical (unpaired) electrons. The van der Waals surface area contributed by atoms with E-state index in [9.17, 15) is 0 Å². The zero-order chi connectivity index (χ0) is 13.3. The van der Waals surface area contributed by atoms with Crippen LogP contribution in [-0.4, -0.2) is 37.0 Å². The van der Waals surface area contributed by atoms with E-state index in [0.717, 1.165) is 19.0 Å². The molecule has 1 aliphatic heterocycles. The van der Waals surface area contributed by atoms with E-state index in [1.807, 2.05) is 7.05 Å². The highest BCUT2D eigenvalue weighted by molar-refractivity contribution is 14.0. The Morgan fingerprint density at radius 3 is 2.60 bits per heavy atom. The monoisotopic (exact) mass is 385 g/mol. The normalized spacial score (nSPS) is 26.3. The summed E-state index contributed by atoms with van der Waals surface area (Å²) in [5.74, 6) is 1.09. The Hall–Kier alpha value is -0.780. The third-order valence-electron chi connectivity index (χ3n) is 4.37. The van der Waals surface area contributed by atoms with Crippen molar-refractivity contribution in [1.82, 2.24) is 10.2 Å². The van der Waals surface area contributed by atoms with E-state index in [1.165, 1.54) is 24.8 Å². The predicted octanol–water partition coefficient (Wildman–Crippen LogP) is 3.01. The maximum Gasteiger partial charge on any atom is 0.193 e. The first-order valence-corrected chi connectivity index (χ1v) is 7.25. The molecule has 0 aromatic heterocycles. The summed E-state index contributed by atoms with van der Waals surface area (Å²) >= 11 is 0. The summed E-state index contributed by atoms with van der Waals surface area (Å²) < 4.78 is 0. The van der Waals surface area contributed by atoms with E-state index < -0.39 is 0 Å². The fourth-order valence-electron chi connectivity index (χ4n) is 2.93. The molecule has 1 atom stereocenters. The Kier molecular flexibility index (Phi) is 4.94. The quantitative estimate of drug-likeness (QED) is 0.482. The standard InChI is InChI=1S/C16H23N3.HI/c1-16(13-6-4-3-5-7-13)10-11-19(12-16)15(17-2)18-14-8-9-14;/h3-7,14H,8-12H2,1-2H3,(H,17,18);1H. The van der Waals surface area contributed by atoms with E-state index in [-0.39, 0.29) is 29.4 Å². The molecule has 1 heterocycles. The summed E-state index contributed by atoms with van der Waals surface area (Å²) in [5.41, 5.74) is 1.70. The average molecular weight is 385 g/mol. The first-order chi connectivity index (χ1) is 9.21. The van der Waals surface area contributed by atoms with Crippen LogP contribution in [0.25, 0.3) is 0 Å². The lowest BCUT2D eigenvalue weighted by Gasteiger charge is -2.27. The van der Waals surface area contributed by atoms with Gasteiger partial charge in [-0.3, -0.25) is 4.99 Å². The maximum absolute atomic E-state index is 4.44. The maximum atomic E-state index is 4.44. The van der Waals surface area contributed by atoms with Crippen molar-refractivity contribution in [2.45, 2.75) is 37.6 Å². The predicted molar refractivity (Wildman–Crippen MR) is 94.9 cm³/mol. The van der Waals surface area contributed by atoms with Crippen molar-refractivity contribution in [1.29, 1.82) is 0 Å². The van der Waals surface area contributed by atoms with Crippen LogP contribution in [0.4, 0.5) is 0 Å². The van der Waals surface area contributed by atoms with Crippen LogP contribution in [0.1, 0.15) is 31.7 Å². The number of nitrogens with zero attached hydrogens (tertiary/aromatic N) is 2. The molecule has 20 heavy (non-hydrogen) atoms. The number of hydrogen-bond acceptors (Lipinski definition) is 1. The van der Waals surface area contributed by atoms with E-state index in [2.05, 4.69) is 52.5 Å². The largest absolute Gasteiger partial charge is 0.354 e. The number of aliphatic imine (C=N–C) groups is 1. The molecular formula is C16H24IN3. The van der Waals surface area contributed by atoms with Gasteiger partial charge in [0.25, 0.3) is 0 Å². The molecule has 0 amide bonds. The van der Waals surface area contributed by atoms with Gasteiger partial charge in [-0.05, 0) is 24.8 Å². The third kappa shape index (κ3) is 3.27. The van der Waals surface area contributed by atoms with Gasteiger partial charge in [-0.15, -0.1) is 24.0 Å². The topological polar surface area (TPSA) is 27.6 Å². The number of rotatable bonds is 2. The highest BCUT2D eigenvalue weighted by atomic mass is 127. The number of hydrogen-bond donors (Lipinski definition) is 1. The van der Waals surface area contributed by atoms with Crippen LogP contribution in [0.3, 0.4) is 0 Å². The van der Waals surface area contributed by atoms with Gasteiger partial charge in [0, 0.05) is 31.6 Å². The first-order valence-electron chi connectivity index (χ1n) is 7.25. The summed E-state index contributed by atoms with van der Waals surface area (Å²) in [7, 11) is 1.89. The van der Waals surface area contributed by atoms with E-state index in [4.69, 9.17) is 0 Å². The minimum absolute atomic E-state index is 0. The molecule has 1 aliphatic carbocycles. The van der Waals surface area contributed by atoms with Gasteiger partial charge >= 0.3 is 0 Å². The van der Waals surface area contributed by atoms with Crippen LogP contribution >= 0.6 is 24.0 Å². The summed E-state index contributed by atoms with van der Waals surface area (Å²) in [6.07, 6.45) is 3.79. The van der Waals surface area contributed by atoms with Crippen LogP contribution in [0.5, 0.6) is 0 Å². The molecule has 1 unspecified atom stereocenters. The molecule has 2 fully saturated rings. The third-order valence-corrected chi connectivity index (χ3v) is 4.37. The van der Waals surface area contributed by atoms with Gasteiger partial charge < -0.3 is 10.2 Å². The van der Waals surface area contributed by atoms with Crippen molar-refractivity contribution in [3.8, 4) is 0 Å². The second-order valence-electron chi connectivity index (χ2n) is 6.06. The van der Waals surface area contributed by atoms with Crippen LogP contribution in [0.15, 0.2) is 35.3 Å². The van der Waals surface area contributed by atoms with E-state index >= 15 is 0 Å². The molecule has 3 nitrogen and oxygen atoms in total. The fraction of sp³-hybridized carbons (Fsp3) is 0.562. The number of benzene rings is 1. The van der Waals surface area contributed by atoms with Crippen LogP contribution in [-0.2, 0) is 5.41 Å². The zero-order valence-corrected chi connectivity index (χ0v) is 14.6. The molecular weight excluding hydrogens is 361 g/mol. The number of likely N-dealkylation sites (tertiary alicyclic amines) is 1. The summed E-state index contributed by atoms with van der Waals surface area (Å²) in [5, 5.41) is 3.55. The van der Waals surface area contributed by atoms with E-state index in [1.54, 1.807) is 0 Å². The van der Waals surface area contributed by atoms with Gasteiger partial charge in [-0.1, -0.05) is 37.3 Å². The SMILES string of the molecule is CN=C(NC1CC1)N1CCC(C)(c2ccccc2)C1.I. The Labute approximate surface area is 138 Å². The van der Waals surface area contributed by atoms with Gasteiger partial charge in [-0.2, -0.15) is 0 Å². The molecule has 110 valence electrons. The van der Waals surface area contributed by atoms with Gasteiger partial charge in [0.15, 0.2) is 5.96 Å². The van der Waals surface area contributed by atoms with Gasteiger partial charge in [-0.25, -0.2) is 0 Å². The lowest BCUT2D eigenvalue weighted by atomic mass is 9.82.